The van der Waals surface area contributed by atoms with Gasteiger partial charge in [0, 0.05) is 36.6 Å². The molecule has 0 bridgehead atoms. The number of hydrogen-bond acceptors (Lipinski definition) is 5. The molecule has 18 heavy (non-hydrogen) atoms. The Hall–Kier alpha value is -0.650. The standard InChI is InChI=1S/C13H22N4S/c1-9-6-16-5-3-4-11(16)7-17(9)13-15-12(8-18-13)10(2)14/h8-11H,3-7,14H2,1-2H3. The van der Waals surface area contributed by atoms with Crippen molar-refractivity contribution >= 4 is 16.5 Å². The molecule has 3 atom stereocenters. The van der Waals surface area contributed by atoms with Crippen LogP contribution in [0.5, 0.6) is 0 Å². The summed E-state index contributed by atoms with van der Waals surface area (Å²) >= 11 is 1.74. The quantitative estimate of drug-likeness (QED) is 0.887. The van der Waals surface area contributed by atoms with E-state index in [4.69, 9.17) is 10.7 Å². The van der Waals surface area contributed by atoms with Crippen LogP contribution in [-0.2, 0) is 0 Å². The van der Waals surface area contributed by atoms with Crippen LogP contribution in [0.2, 0.25) is 0 Å². The lowest BCUT2D eigenvalue weighted by Gasteiger charge is -2.42. The monoisotopic (exact) mass is 266 g/mol. The van der Waals surface area contributed by atoms with Crippen LogP contribution >= 0.6 is 11.3 Å². The fourth-order valence-corrected chi connectivity index (χ4v) is 4.11. The molecule has 3 rings (SSSR count). The minimum absolute atomic E-state index is 0.0399. The molecule has 3 unspecified atom stereocenters. The zero-order valence-corrected chi connectivity index (χ0v) is 12.0. The van der Waals surface area contributed by atoms with Crippen molar-refractivity contribution in [3.63, 3.8) is 0 Å². The van der Waals surface area contributed by atoms with Crippen LogP contribution in [0, 0.1) is 0 Å². The molecule has 1 aromatic rings. The van der Waals surface area contributed by atoms with Gasteiger partial charge < -0.3 is 10.6 Å². The summed E-state index contributed by atoms with van der Waals surface area (Å²) in [4.78, 5) is 9.81. The van der Waals surface area contributed by atoms with Crippen molar-refractivity contribution in [1.29, 1.82) is 0 Å². The minimum atomic E-state index is 0.0399. The van der Waals surface area contributed by atoms with Gasteiger partial charge in [-0.2, -0.15) is 0 Å². The first-order chi connectivity index (χ1) is 8.65. The highest BCUT2D eigenvalue weighted by atomic mass is 32.1. The highest BCUT2D eigenvalue weighted by Gasteiger charge is 2.35. The predicted molar refractivity (Wildman–Crippen MR) is 76.1 cm³/mol. The maximum absolute atomic E-state index is 5.89. The molecular formula is C13H22N4S. The summed E-state index contributed by atoms with van der Waals surface area (Å²) in [6, 6.07) is 1.34. The van der Waals surface area contributed by atoms with Crippen molar-refractivity contribution in [3.8, 4) is 0 Å². The number of anilines is 1. The zero-order valence-electron chi connectivity index (χ0n) is 11.2. The van der Waals surface area contributed by atoms with E-state index in [9.17, 15) is 0 Å². The van der Waals surface area contributed by atoms with Crippen LogP contribution in [0.3, 0.4) is 0 Å². The summed E-state index contributed by atoms with van der Waals surface area (Å²) in [5.74, 6) is 0. The number of nitrogens with zero attached hydrogens (tertiary/aromatic N) is 3. The van der Waals surface area contributed by atoms with Gasteiger partial charge in [-0.1, -0.05) is 0 Å². The van der Waals surface area contributed by atoms with Crippen molar-refractivity contribution in [2.24, 2.45) is 5.73 Å². The summed E-state index contributed by atoms with van der Waals surface area (Å²) in [5, 5.41) is 3.26. The smallest absolute Gasteiger partial charge is 0.185 e. The highest BCUT2D eigenvalue weighted by Crippen LogP contribution is 2.31. The molecule has 100 valence electrons. The Balaban J connectivity index is 1.78. The molecular weight excluding hydrogens is 244 g/mol. The second kappa shape index (κ2) is 4.79. The third kappa shape index (κ3) is 2.15. The Bertz CT molecular complexity index is 417. The van der Waals surface area contributed by atoms with E-state index in [1.54, 1.807) is 11.3 Å². The number of piperazine rings is 1. The summed E-state index contributed by atoms with van der Waals surface area (Å²) in [7, 11) is 0. The molecule has 0 aromatic carbocycles. The van der Waals surface area contributed by atoms with Crippen LogP contribution in [0.15, 0.2) is 5.38 Å². The lowest BCUT2D eigenvalue weighted by molar-refractivity contribution is 0.203. The average molecular weight is 266 g/mol. The molecule has 2 aliphatic rings. The molecule has 3 heterocycles. The normalized spacial score (nSPS) is 30.5. The van der Waals surface area contributed by atoms with Gasteiger partial charge in [-0.15, -0.1) is 11.3 Å². The Kier molecular flexibility index (Phi) is 3.30. The first kappa shape index (κ1) is 12.4. The number of thiazole rings is 1. The Morgan fingerprint density at radius 1 is 1.50 bits per heavy atom. The molecule has 2 N–H and O–H groups in total. The third-order valence-corrected chi connectivity index (χ3v) is 5.06. The van der Waals surface area contributed by atoms with Crippen molar-refractivity contribution in [3.05, 3.63) is 11.1 Å². The molecule has 0 amide bonds. The average Bonchev–Trinajstić information content (AvgIpc) is 2.94. The van der Waals surface area contributed by atoms with E-state index in [0.29, 0.717) is 6.04 Å². The van der Waals surface area contributed by atoms with Crippen LogP contribution in [-0.4, -0.2) is 41.6 Å². The van der Waals surface area contributed by atoms with E-state index >= 15 is 0 Å². The van der Waals surface area contributed by atoms with E-state index in [2.05, 4.69) is 22.1 Å². The van der Waals surface area contributed by atoms with E-state index in [1.807, 2.05) is 6.92 Å². The summed E-state index contributed by atoms with van der Waals surface area (Å²) in [6.07, 6.45) is 2.70. The van der Waals surface area contributed by atoms with Crippen LogP contribution in [0.1, 0.15) is 38.4 Å². The third-order valence-electron chi connectivity index (χ3n) is 4.16. The number of fused-ring (bicyclic) bond motifs is 1. The van der Waals surface area contributed by atoms with Crippen molar-refractivity contribution < 1.29 is 0 Å². The summed E-state index contributed by atoms with van der Waals surface area (Å²) < 4.78 is 0. The predicted octanol–water partition coefficient (Wildman–Crippen LogP) is 1.84. The molecule has 0 spiro atoms. The topological polar surface area (TPSA) is 45.4 Å². The molecule has 2 saturated heterocycles. The highest BCUT2D eigenvalue weighted by molar-refractivity contribution is 7.13. The van der Waals surface area contributed by atoms with Gasteiger partial charge in [-0.3, -0.25) is 4.90 Å². The summed E-state index contributed by atoms with van der Waals surface area (Å²) in [5.41, 5.74) is 6.92. The van der Waals surface area contributed by atoms with Crippen LogP contribution < -0.4 is 10.6 Å². The van der Waals surface area contributed by atoms with Crippen molar-refractivity contribution in [2.45, 2.75) is 44.8 Å². The maximum Gasteiger partial charge on any atom is 0.185 e. The van der Waals surface area contributed by atoms with Gasteiger partial charge in [0.1, 0.15) is 0 Å². The van der Waals surface area contributed by atoms with E-state index in [-0.39, 0.29) is 6.04 Å². The largest absolute Gasteiger partial charge is 0.343 e. The SMILES string of the molecule is CC(N)c1csc(N2CC3CCCN3CC2C)n1. The fourth-order valence-electron chi connectivity index (χ4n) is 3.07. The number of rotatable bonds is 2. The Morgan fingerprint density at radius 3 is 3.06 bits per heavy atom. The maximum atomic E-state index is 5.89. The molecule has 0 radical (unpaired) electrons. The minimum Gasteiger partial charge on any atom is -0.343 e. The van der Waals surface area contributed by atoms with E-state index in [0.717, 1.165) is 23.4 Å². The lowest BCUT2D eigenvalue weighted by atomic mass is 10.1. The van der Waals surface area contributed by atoms with E-state index < -0.39 is 0 Å². The molecule has 2 aliphatic heterocycles. The number of aromatic nitrogens is 1. The summed E-state index contributed by atoms with van der Waals surface area (Å²) in [6.45, 7) is 7.90. The van der Waals surface area contributed by atoms with Crippen LogP contribution in [0.25, 0.3) is 0 Å². The number of nitrogens with two attached hydrogens (primary N) is 1. The Labute approximate surface area is 113 Å². The van der Waals surface area contributed by atoms with Crippen molar-refractivity contribution in [2.75, 3.05) is 24.5 Å². The molecule has 2 fully saturated rings. The molecule has 0 aliphatic carbocycles. The molecule has 1 aromatic heterocycles. The second-order valence-corrected chi connectivity index (χ2v) is 6.47. The first-order valence-electron chi connectivity index (χ1n) is 6.87. The molecule has 0 saturated carbocycles. The lowest BCUT2D eigenvalue weighted by Crippen LogP contribution is -2.55. The van der Waals surface area contributed by atoms with Gasteiger partial charge in [0.05, 0.1) is 5.69 Å². The van der Waals surface area contributed by atoms with Gasteiger partial charge in [-0.25, -0.2) is 4.98 Å². The molecule has 4 nitrogen and oxygen atoms in total. The van der Waals surface area contributed by atoms with Crippen LogP contribution in [0.4, 0.5) is 5.13 Å². The first-order valence-corrected chi connectivity index (χ1v) is 7.75. The number of hydrogen-bond donors (Lipinski definition) is 1. The van der Waals surface area contributed by atoms with Gasteiger partial charge >= 0.3 is 0 Å². The Morgan fingerprint density at radius 2 is 2.33 bits per heavy atom. The van der Waals surface area contributed by atoms with Gasteiger partial charge in [0.25, 0.3) is 0 Å². The zero-order chi connectivity index (χ0) is 12.7. The second-order valence-electron chi connectivity index (χ2n) is 5.64. The van der Waals surface area contributed by atoms with Gasteiger partial charge in [0.15, 0.2) is 5.13 Å². The van der Waals surface area contributed by atoms with E-state index in [1.165, 1.54) is 25.9 Å². The molecule has 5 heteroatoms. The van der Waals surface area contributed by atoms with Gasteiger partial charge in [0.2, 0.25) is 0 Å². The van der Waals surface area contributed by atoms with Gasteiger partial charge in [-0.05, 0) is 33.2 Å². The van der Waals surface area contributed by atoms with Crippen molar-refractivity contribution in [1.82, 2.24) is 9.88 Å². The fraction of sp³-hybridized carbons (Fsp3) is 0.769.